The van der Waals surface area contributed by atoms with E-state index in [1.807, 2.05) is 18.2 Å². The molecule has 2 N–H and O–H groups in total. The molecule has 1 aromatic heterocycles. The van der Waals surface area contributed by atoms with E-state index in [2.05, 4.69) is 4.98 Å². The molecular weight excluding hydrogens is 230 g/mol. The molecule has 0 radical (unpaired) electrons. The number of aldehydes is 1. The van der Waals surface area contributed by atoms with E-state index in [1.165, 1.54) is 0 Å². The Hall–Kier alpha value is -2.07. The van der Waals surface area contributed by atoms with Crippen LogP contribution in [-0.2, 0) is 17.8 Å². The largest absolute Gasteiger partial charge is 0.508 e. The van der Waals surface area contributed by atoms with Crippen LogP contribution in [0, 0.1) is 0 Å². The van der Waals surface area contributed by atoms with E-state index in [-0.39, 0.29) is 5.75 Å². The number of hydrogen-bond donors (Lipinski definition) is 2. The number of aromatic hydroxyl groups is 1. The third kappa shape index (κ3) is 3.46. The van der Waals surface area contributed by atoms with Crippen molar-refractivity contribution in [2.45, 2.75) is 13.0 Å². The first-order valence-electron chi connectivity index (χ1n) is 5.76. The van der Waals surface area contributed by atoms with Crippen molar-refractivity contribution in [3.8, 4) is 5.75 Å². The van der Waals surface area contributed by atoms with Crippen LogP contribution in [0.1, 0.15) is 21.7 Å². The zero-order chi connectivity index (χ0) is 12.8. The zero-order valence-electron chi connectivity index (χ0n) is 9.93. The van der Waals surface area contributed by atoms with E-state index < -0.39 is 0 Å². The van der Waals surface area contributed by atoms with Crippen LogP contribution in [0.4, 0.5) is 0 Å². The van der Waals surface area contributed by atoms with Gasteiger partial charge in [-0.05, 0) is 36.2 Å². The number of H-pyrrole nitrogens is 1. The van der Waals surface area contributed by atoms with E-state index in [0.717, 1.165) is 24.0 Å². The second-order valence-corrected chi connectivity index (χ2v) is 4.03. The second-order valence-electron chi connectivity index (χ2n) is 4.03. The Labute approximate surface area is 105 Å². The highest BCUT2D eigenvalue weighted by Gasteiger charge is 1.98. The van der Waals surface area contributed by atoms with Gasteiger partial charge in [0.1, 0.15) is 5.75 Å². The van der Waals surface area contributed by atoms with Gasteiger partial charge in [-0.2, -0.15) is 0 Å². The van der Waals surface area contributed by atoms with Gasteiger partial charge in [0, 0.05) is 5.69 Å². The SMILES string of the molecule is O=Cc1ccc(COCCc2ccc(O)cc2)[nH]1. The number of aromatic nitrogens is 1. The molecule has 1 heterocycles. The van der Waals surface area contributed by atoms with Gasteiger partial charge in [-0.3, -0.25) is 4.79 Å². The summed E-state index contributed by atoms with van der Waals surface area (Å²) in [4.78, 5) is 13.4. The summed E-state index contributed by atoms with van der Waals surface area (Å²) in [6.07, 6.45) is 1.57. The first-order valence-corrected chi connectivity index (χ1v) is 5.76. The Morgan fingerprint density at radius 1 is 1.17 bits per heavy atom. The van der Waals surface area contributed by atoms with Crippen molar-refractivity contribution < 1.29 is 14.6 Å². The topological polar surface area (TPSA) is 62.3 Å². The smallest absolute Gasteiger partial charge is 0.166 e. The minimum Gasteiger partial charge on any atom is -0.508 e. The monoisotopic (exact) mass is 245 g/mol. The summed E-state index contributed by atoms with van der Waals surface area (Å²) < 4.78 is 5.50. The van der Waals surface area contributed by atoms with Gasteiger partial charge >= 0.3 is 0 Å². The second kappa shape index (κ2) is 6.02. The highest BCUT2D eigenvalue weighted by molar-refractivity contribution is 5.71. The normalized spacial score (nSPS) is 10.4. The highest BCUT2D eigenvalue weighted by Crippen LogP contribution is 2.10. The number of ether oxygens (including phenoxy) is 1. The lowest BCUT2D eigenvalue weighted by Gasteiger charge is -2.03. The van der Waals surface area contributed by atoms with Crippen molar-refractivity contribution in [2.24, 2.45) is 0 Å². The van der Waals surface area contributed by atoms with Crippen molar-refractivity contribution in [1.29, 1.82) is 0 Å². The van der Waals surface area contributed by atoms with Crippen LogP contribution in [0.5, 0.6) is 5.75 Å². The third-order valence-corrected chi connectivity index (χ3v) is 2.62. The van der Waals surface area contributed by atoms with Crippen molar-refractivity contribution in [1.82, 2.24) is 4.98 Å². The van der Waals surface area contributed by atoms with Gasteiger partial charge in [0.05, 0.1) is 18.9 Å². The standard InChI is InChI=1S/C14H15NO3/c16-9-12-3-4-13(15-12)10-18-8-7-11-1-5-14(17)6-2-11/h1-6,9,15,17H,7-8,10H2. The molecule has 4 nitrogen and oxygen atoms in total. The molecular formula is C14H15NO3. The number of carbonyl (C=O) groups excluding carboxylic acids is 1. The molecule has 94 valence electrons. The molecule has 0 unspecified atom stereocenters. The number of hydrogen-bond acceptors (Lipinski definition) is 3. The van der Waals surface area contributed by atoms with Gasteiger partial charge in [-0.25, -0.2) is 0 Å². The molecule has 4 heteroatoms. The fraction of sp³-hybridized carbons (Fsp3) is 0.214. The number of rotatable bonds is 6. The van der Waals surface area contributed by atoms with Crippen LogP contribution in [0.3, 0.4) is 0 Å². The molecule has 0 atom stereocenters. The summed E-state index contributed by atoms with van der Waals surface area (Å²) in [7, 11) is 0. The molecule has 2 aromatic rings. The van der Waals surface area contributed by atoms with Crippen LogP contribution in [-0.4, -0.2) is 23.0 Å². The first kappa shape index (κ1) is 12.4. The Bertz CT molecular complexity index is 502. The van der Waals surface area contributed by atoms with Crippen LogP contribution in [0.15, 0.2) is 36.4 Å². The third-order valence-electron chi connectivity index (χ3n) is 2.62. The van der Waals surface area contributed by atoms with Crippen molar-refractivity contribution in [2.75, 3.05) is 6.61 Å². The average molecular weight is 245 g/mol. The summed E-state index contributed by atoms with van der Waals surface area (Å²) in [5.41, 5.74) is 2.57. The molecule has 2 rings (SSSR count). The highest BCUT2D eigenvalue weighted by atomic mass is 16.5. The maximum atomic E-state index is 10.5. The summed E-state index contributed by atoms with van der Waals surface area (Å²) in [5.74, 6) is 0.271. The van der Waals surface area contributed by atoms with E-state index in [4.69, 9.17) is 9.84 Å². The molecule has 0 spiro atoms. The molecule has 0 saturated heterocycles. The zero-order valence-corrected chi connectivity index (χ0v) is 9.93. The molecule has 0 amide bonds. The molecule has 1 aromatic carbocycles. The molecule has 0 aliphatic heterocycles. The van der Waals surface area contributed by atoms with Gasteiger partial charge < -0.3 is 14.8 Å². The number of carbonyl (C=O) groups is 1. The Morgan fingerprint density at radius 3 is 2.61 bits per heavy atom. The lowest BCUT2D eigenvalue weighted by molar-refractivity contribution is 0.111. The summed E-state index contributed by atoms with van der Waals surface area (Å²) in [6.45, 7) is 1.06. The van der Waals surface area contributed by atoms with E-state index in [9.17, 15) is 4.79 Å². The molecule has 0 fully saturated rings. The number of phenolic OH excluding ortho intramolecular Hbond substituents is 1. The summed E-state index contributed by atoms with van der Waals surface area (Å²) >= 11 is 0. The summed E-state index contributed by atoms with van der Waals surface area (Å²) in [6, 6.07) is 10.6. The molecule has 0 aliphatic rings. The fourth-order valence-electron chi connectivity index (χ4n) is 1.65. The molecule has 0 bridgehead atoms. The average Bonchev–Trinajstić information content (AvgIpc) is 2.85. The maximum Gasteiger partial charge on any atom is 0.166 e. The van der Waals surface area contributed by atoms with Crippen LogP contribution < -0.4 is 0 Å². The van der Waals surface area contributed by atoms with E-state index in [0.29, 0.717) is 18.9 Å². The number of phenols is 1. The lowest BCUT2D eigenvalue weighted by Crippen LogP contribution is -1.99. The Morgan fingerprint density at radius 2 is 1.94 bits per heavy atom. The van der Waals surface area contributed by atoms with Crippen molar-refractivity contribution >= 4 is 6.29 Å². The van der Waals surface area contributed by atoms with Crippen LogP contribution in [0.25, 0.3) is 0 Å². The Kier molecular flexibility index (Phi) is 4.15. The van der Waals surface area contributed by atoms with Gasteiger partial charge in [0.25, 0.3) is 0 Å². The molecule has 0 saturated carbocycles. The summed E-state index contributed by atoms with van der Waals surface area (Å²) in [5, 5.41) is 9.14. The first-order chi connectivity index (χ1) is 8.78. The number of benzene rings is 1. The predicted molar refractivity (Wildman–Crippen MR) is 67.6 cm³/mol. The Balaban J connectivity index is 1.72. The van der Waals surface area contributed by atoms with Gasteiger partial charge in [0.15, 0.2) is 6.29 Å². The van der Waals surface area contributed by atoms with E-state index in [1.54, 1.807) is 18.2 Å². The fourth-order valence-corrected chi connectivity index (χ4v) is 1.65. The van der Waals surface area contributed by atoms with Crippen molar-refractivity contribution in [3.63, 3.8) is 0 Å². The van der Waals surface area contributed by atoms with Gasteiger partial charge in [0.2, 0.25) is 0 Å². The van der Waals surface area contributed by atoms with Crippen LogP contribution >= 0.6 is 0 Å². The molecule has 0 aliphatic carbocycles. The number of aromatic amines is 1. The predicted octanol–water partition coefficient (Wildman–Crippen LogP) is 2.29. The quantitative estimate of drug-likeness (QED) is 0.606. The molecule has 18 heavy (non-hydrogen) atoms. The minimum absolute atomic E-state index is 0.271. The van der Waals surface area contributed by atoms with Crippen molar-refractivity contribution in [3.05, 3.63) is 53.3 Å². The maximum absolute atomic E-state index is 10.5. The van der Waals surface area contributed by atoms with Crippen LogP contribution in [0.2, 0.25) is 0 Å². The van der Waals surface area contributed by atoms with E-state index >= 15 is 0 Å². The van der Waals surface area contributed by atoms with Gasteiger partial charge in [-0.1, -0.05) is 12.1 Å². The lowest BCUT2D eigenvalue weighted by atomic mass is 10.1. The number of nitrogens with one attached hydrogen (secondary N) is 1. The minimum atomic E-state index is 0.271. The van der Waals surface area contributed by atoms with Gasteiger partial charge in [-0.15, -0.1) is 0 Å².